The number of nitrogens with one attached hydrogen (secondary N) is 4. The molecule has 5 aromatic rings. The number of carbonyl (C=O) groups excluding carboxylic acids is 5. The molecule has 5 amide bonds. The van der Waals surface area contributed by atoms with E-state index in [1.807, 2.05) is 88.0 Å². The first-order valence-corrected chi connectivity index (χ1v) is 26.2. The van der Waals surface area contributed by atoms with E-state index in [-0.39, 0.29) is 43.5 Å². The van der Waals surface area contributed by atoms with E-state index in [0.717, 1.165) is 57.6 Å². The molecule has 4 N–H and O–H groups in total. The van der Waals surface area contributed by atoms with Gasteiger partial charge in [0.1, 0.15) is 41.0 Å². The minimum Gasteiger partial charge on any atom is -0.454 e. The van der Waals surface area contributed by atoms with Crippen LogP contribution in [-0.2, 0) is 36.9 Å². The Morgan fingerprint density at radius 3 is 1.82 bits per heavy atom. The van der Waals surface area contributed by atoms with Crippen LogP contribution in [0.4, 0.5) is 14.4 Å². The second-order valence-electron chi connectivity index (χ2n) is 23.6. The number of carbonyl (C=O) groups is 5. The zero-order valence-corrected chi connectivity index (χ0v) is 45.4. The SMILES string of the molecule is CC(C)[C@H](NC(=O)OC(C)(C)C)C(=O)N1CCCC1c1ncc(-c2ccc(-c3ccc(-c4cnc(C5C[C@@H](OC(=O)N6Cc7ccc8c(c7C6)OCO8)CN5C(=O)[C@@H](NC(=O)OC(C)(C)C)C(C)(C)C)[nH]4)cc3)cc2)[nH]1. The molecule has 0 spiro atoms. The zero-order valence-electron chi connectivity index (χ0n) is 45.4. The Hall–Kier alpha value is -7.57. The maximum absolute atomic E-state index is 14.8. The van der Waals surface area contributed by atoms with Crippen molar-refractivity contribution in [2.24, 2.45) is 11.3 Å². The molecule has 19 heteroatoms. The number of aromatic nitrogens is 4. The molecule has 4 aliphatic heterocycles. The number of ether oxygens (including phenoxy) is 5. The van der Waals surface area contributed by atoms with E-state index in [9.17, 15) is 24.0 Å². The average Bonchev–Trinajstić information content (AvgIpc) is 4.22. The predicted molar refractivity (Wildman–Crippen MR) is 282 cm³/mol. The number of fused-ring (bicyclic) bond motifs is 3. The predicted octanol–water partition coefficient (Wildman–Crippen LogP) is 9.81. The van der Waals surface area contributed by atoms with E-state index in [2.05, 4.69) is 32.7 Å². The number of likely N-dealkylation sites (tertiary alicyclic amines) is 2. The fraction of sp³-hybridized carbons (Fsp3) is 0.491. The first kappa shape index (κ1) is 53.3. The fourth-order valence-corrected chi connectivity index (χ4v) is 10.2. The molecule has 0 aliphatic carbocycles. The number of hydrogen-bond donors (Lipinski definition) is 4. The molecule has 0 bridgehead atoms. The van der Waals surface area contributed by atoms with Crippen LogP contribution in [0.25, 0.3) is 33.6 Å². The molecule has 0 saturated carbocycles. The molecule has 0 radical (unpaired) electrons. The van der Waals surface area contributed by atoms with E-state index in [1.165, 1.54) is 0 Å². The van der Waals surface area contributed by atoms with Crippen molar-refractivity contribution in [1.29, 1.82) is 0 Å². The van der Waals surface area contributed by atoms with Crippen LogP contribution in [0, 0.1) is 11.3 Å². The third-order valence-corrected chi connectivity index (χ3v) is 14.0. The number of hydrogen-bond acceptors (Lipinski definition) is 12. The van der Waals surface area contributed by atoms with Crippen LogP contribution in [0.2, 0.25) is 0 Å². The Morgan fingerprint density at radius 2 is 1.25 bits per heavy atom. The van der Waals surface area contributed by atoms with Crippen molar-refractivity contribution in [2.45, 2.75) is 150 Å². The Kier molecular flexibility index (Phi) is 14.6. The van der Waals surface area contributed by atoms with Crippen molar-refractivity contribution < 1.29 is 47.7 Å². The second-order valence-corrected chi connectivity index (χ2v) is 23.6. The second kappa shape index (κ2) is 20.9. The molecule has 4 aliphatic rings. The third-order valence-electron chi connectivity index (χ3n) is 14.0. The van der Waals surface area contributed by atoms with Crippen LogP contribution in [0.5, 0.6) is 11.5 Å². The van der Waals surface area contributed by atoms with E-state index >= 15 is 0 Å². The topological polar surface area (TPSA) is 223 Å². The number of imidazole rings is 2. The molecule has 3 aromatic carbocycles. The summed E-state index contributed by atoms with van der Waals surface area (Å²) in [5, 5.41) is 5.64. The van der Waals surface area contributed by atoms with Crippen molar-refractivity contribution in [3.05, 3.63) is 95.8 Å². The molecule has 2 saturated heterocycles. The molecular weight excluding hydrogens is 971 g/mol. The smallest absolute Gasteiger partial charge is 0.410 e. The van der Waals surface area contributed by atoms with Gasteiger partial charge >= 0.3 is 18.3 Å². The van der Waals surface area contributed by atoms with Crippen LogP contribution in [0.3, 0.4) is 0 Å². The van der Waals surface area contributed by atoms with Gasteiger partial charge in [0.15, 0.2) is 11.5 Å². The minimum atomic E-state index is -0.982. The van der Waals surface area contributed by atoms with Crippen LogP contribution in [0.15, 0.2) is 73.1 Å². The van der Waals surface area contributed by atoms with Gasteiger partial charge in [-0.1, -0.05) is 89.2 Å². The van der Waals surface area contributed by atoms with Crippen molar-refractivity contribution in [3.8, 4) is 45.1 Å². The Bertz CT molecular complexity index is 2960. The summed E-state index contributed by atoms with van der Waals surface area (Å²) in [6, 6.07) is 17.4. The molecule has 9 rings (SSSR count). The Morgan fingerprint density at radius 1 is 0.684 bits per heavy atom. The standard InChI is InChI=1S/C57H71N9O10/c1-32(2)45(62-52(69)75-56(6,7)8)50(67)65-24-12-13-42(65)48-58-26-40(60-48)35-18-14-33(15-19-35)34-16-20-36(21-17-34)41-27-59-49(61-41)43-25-38(29-66(43)51(68)47(55(3,4)5)63-53(70)76-57(9,10)11)74-54(71)64-28-37-22-23-44-46(39(37)30-64)73-31-72-44/h14-23,26-27,32,38,42-43,45,47H,12-13,24-25,28-31H2,1-11H3,(H,58,60)(H,59,61)(H,62,69)(H,63,70)/t38-,42?,43?,45+,47-/m1/s1. The number of amides is 5. The van der Waals surface area contributed by atoms with Gasteiger partial charge in [-0.15, -0.1) is 0 Å². The summed E-state index contributed by atoms with van der Waals surface area (Å²) in [6.45, 7) is 21.5. The number of nitrogens with zero attached hydrogens (tertiary/aromatic N) is 5. The molecule has 5 atom stereocenters. The van der Waals surface area contributed by atoms with Crippen molar-refractivity contribution >= 4 is 30.1 Å². The highest BCUT2D eigenvalue weighted by atomic mass is 16.7. The highest BCUT2D eigenvalue weighted by molar-refractivity contribution is 5.88. The third kappa shape index (κ3) is 11.8. The lowest BCUT2D eigenvalue weighted by atomic mass is 9.85. The summed E-state index contributed by atoms with van der Waals surface area (Å²) in [7, 11) is 0. The van der Waals surface area contributed by atoms with Gasteiger partial charge in [-0.2, -0.15) is 0 Å². The number of H-pyrrole nitrogens is 2. The summed E-state index contributed by atoms with van der Waals surface area (Å²) in [4.78, 5) is 89.9. The van der Waals surface area contributed by atoms with E-state index in [0.29, 0.717) is 42.8 Å². The Labute approximate surface area is 443 Å². The normalized spacial score (nSPS) is 19.1. The van der Waals surface area contributed by atoms with Gasteiger partial charge in [0.25, 0.3) is 0 Å². The maximum Gasteiger partial charge on any atom is 0.410 e. The molecule has 2 unspecified atom stereocenters. The van der Waals surface area contributed by atoms with E-state index in [4.69, 9.17) is 33.7 Å². The van der Waals surface area contributed by atoms with Gasteiger partial charge in [0, 0.05) is 25.1 Å². The van der Waals surface area contributed by atoms with Gasteiger partial charge in [-0.05, 0) is 99.6 Å². The number of rotatable bonds is 11. The summed E-state index contributed by atoms with van der Waals surface area (Å²) < 4.78 is 28.5. The molecule has 404 valence electrons. The van der Waals surface area contributed by atoms with Crippen LogP contribution in [0.1, 0.15) is 130 Å². The first-order valence-electron chi connectivity index (χ1n) is 26.2. The first-order chi connectivity index (χ1) is 35.9. The largest absolute Gasteiger partial charge is 0.454 e. The highest BCUT2D eigenvalue weighted by Gasteiger charge is 2.46. The van der Waals surface area contributed by atoms with Gasteiger partial charge < -0.3 is 54.1 Å². The molecule has 2 fully saturated rings. The lowest BCUT2D eigenvalue weighted by Crippen LogP contribution is -2.55. The van der Waals surface area contributed by atoms with Crippen LogP contribution in [-0.4, -0.2) is 114 Å². The quantitative estimate of drug-likeness (QED) is 0.0908. The van der Waals surface area contributed by atoms with Crippen molar-refractivity contribution in [3.63, 3.8) is 0 Å². The van der Waals surface area contributed by atoms with E-state index in [1.54, 1.807) is 63.7 Å². The summed E-state index contributed by atoms with van der Waals surface area (Å²) in [5.74, 6) is 1.83. The molecular formula is C57H71N9O10. The summed E-state index contributed by atoms with van der Waals surface area (Å²) in [6.07, 6.45) is 2.83. The minimum absolute atomic E-state index is 0.0750. The highest BCUT2D eigenvalue weighted by Crippen LogP contribution is 2.43. The van der Waals surface area contributed by atoms with Gasteiger partial charge in [-0.3, -0.25) is 14.5 Å². The van der Waals surface area contributed by atoms with Crippen molar-refractivity contribution in [1.82, 2.24) is 45.3 Å². The van der Waals surface area contributed by atoms with Crippen molar-refractivity contribution in [2.75, 3.05) is 19.9 Å². The van der Waals surface area contributed by atoms with E-state index < -0.39 is 59.1 Å². The van der Waals surface area contributed by atoms with Crippen LogP contribution >= 0.6 is 0 Å². The lowest BCUT2D eigenvalue weighted by Gasteiger charge is -2.35. The van der Waals surface area contributed by atoms with Crippen LogP contribution < -0.4 is 20.1 Å². The molecule has 19 nitrogen and oxygen atoms in total. The number of benzene rings is 3. The molecule has 2 aromatic heterocycles. The average molecular weight is 1040 g/mol. The lowest BCUT2D eigenvalue weighted by molar-refractivity contribution is -0.137. The van der Waals surface area contributed by atoms with Gasteiger partial charge in [0.05, 0.1) is 49.0 Å². The van der Waals surface area contributed by atoms with Gasteiger partial charge in [-0.25, -0.2) is 24.4 Å². The molecule has 6 heterocycles. The molecule has 76 heavy (non-hydrogen) atoms. The monoisotopic (exact) mass is 1040 g/mol. The fourth-order valence-electron chi connectivity index (χ4n) is 10.2. The zero-order chi connectivity index (χ0) is 54.4. The summed E-state index contributed by atoms with van der Waals surface area (Å²) >= 11 is 0. The Balaban J connectivity index is 0.882. The summed E-state index contributed by atoms with van der Waals surface area (Å²) in [5.41, 5.74) is 5.01. The maximum atomic E-state index is 14.8. The number of alkyl carbamates (subject to hydrolysis) is 2. The van der Waals surface area contributed by atoms with Gasteiger partial charge in [0.2, 0.25) is 18.6 Å². The number of aromatic amines is 2.